The van der Waals surface area contributed by atoms with Crippen molar-refractivity contribution in [3.63, 3.8) is 0 Å². The molecule has 0 aliphatic carbocycles. The van der Waals surface area contributed by atoms with Crippen LogP contribution in [-0.2, 0) is 11.3 Å². The van der Waals surface area contributed by atoms with Crippen LogP contribution in [0, 0.1) is 21.4 Å². The molecule has 0 bridgehead atoms. The van der Waals surface area contributed by atoms with Gasteiger partial charge in [0.15, 0.2) is 5.78 Å². The topological polar surface area (TPSA) is 110 Å². The van der Waals surface area contributed by atoms with Crippen LogP contribution in [0.4, 0.5) is 5.69 Å². The van der Waals surface area contributed by atoms with Gasteiger partial charge in [-0.2, -0.15) is 5.26 Å². The third-order valence-corrected chi connectivity index (χ3v) is 4.57. The van der Waals surface area contributed by atoms with Crippen LogP contribution >= 0.6 is 11.6 Å². The largest absolute Gasteiger partial charge is 0.457 e. The Bertz CT molecular complexity index is 1180. The van der Waals surface area contributed by atoms with Crippen molar-refractivity contribution in [2.45, 2.75) is 6.61 Å². The number of hydrogen-bond acceptors (Lipinski definition) is 6. The van der Waals surface area contributed by atoms with Gasteiger partial charge in [-0.15, -0.1) is 0 Å². The van der Waals surface area contributed by atoms with Crippen LogP contribution in [0.1, 0.15) is 37.4 Å². The maximum absolute atomic E-state index is 12.9. The number of rotatable bonds is 6. The third-order valence-electron chi connectivity index (χ3n) is 4.25. The monoisotopic (exact) mass is 420 g/mol. The number of carbonyl (C=O) groups excluding carboxylic acids is 2. The Morgan fingerprint density at radius 3 is 2.33 bits per heavy atom. The Labute approximate surface area is 176 Å². The number of ether oxygens (including phenoxy) is 1. The maximum atomic E-state index is 12.9. The summed E-state index contributed by atoms with van der Waals surface area (Å²) in [5.74, 6) is -1.28. The molecule has 0 aliphatic heterocycles. The number of halogens is 1. The van der Waals surface area contributed by atoms with Crippen molar-refractivity contribution in [3.05, 3.63) is 110 Å². The smallest absolute Gasteiger partial charge is 0.339 e. The first-order valence-corrected chi connectivity index (χ1v) is 9.02. The summed E-state index contributed by atoms with van der Waals surface area (Å²) >= 11 is 5.80. The van der Waals surface area contributed by atoms with E-state index in [1.165, 1.54) is 24.3 Å². The van der Waals surface area contributed by atoms with Crippen LogP contribution in [0.15, 0.2) is 66.7 Å². The molecule has 0 saturated heterocycles. The van der Waals surface area contributed by atoms with Crippen LogP contribution < -0.4 is 0 Å². The molecule has 0 heterocycles. The summed E-state index contributed by atoms with van der Waals surface area (Å²) in [7, 11) is 0. The molecule has 148 valence electrons. The Morgan fingerprint density at radius 1 is 1.03 bits per heavy atom. The predicted molar refractivity (Wildman–Crippen MR) is 108 cm³/mol. The van der Waals surface area contributed by atoms with E-state index in [1.807, 2.05) is 6.07 Å². The number of ketones is 1. The quantitative estimate of drug-likeness (QED) is 0.247. The molecule has 0 N–H and O–H groups in total. The highest BCUT2D eigenvalue weighted by Crippen LogP contribution is 2.27. The van der Waals surface area contributed by atoms with Gasteiger partial charge >= 0.3 is 5.97 Å². The number of hydrogen-bond donors (Lipinski definition) is 0. The number of esters is 1. The Kier molecular flexibility index (Phi) is 6.20. The van der Waals surface area contributed by atoms with Crippen molar-refractivity contribution >= 4 is 29.0 Å². The van der Waals surface area contributed by atoms with Gasteiger partial charge in [-0.25, -0.2) is 4.79 Å². The van der Waals surface area contributed by atoms with E-state index in [9.17, 15) is 19.7 Å². The van der Waals surface area contributed by atoms with Gasteiger partial charge in [0.2, 0.25) is 0 Å². The molecule has 0 saturated carbocycles. The standard InChI is InChI=1S/C22H13ClN2O5/c23-19-10-9-16(11-20(19)25(28)29)21(26)17-3-1-2-4-18(17)22(27)30-13-15-7-5-14(12-24)6-8-15/h1-11H,13H2. The Balaban J connectivity index is 1.83. The molecule has 8 heteroatoms. The lowest BCUT2D eigenvalue weighted by molar-refractivity contribution is -0.384. The molecule has 3 rings (SSSR count). The first-order valence-electron chi connectivity index (χ1n) is 8.64. The fourth-order valence-electron chi connectivity index (χ4n) is 2.71. The molecule has 0 atom stereocenters. The van der Waals surface area contributed by atoms with Crippen molar-refractivity contribution < 1.29 is 19.2 Å². The summed E-state index contributed by atoms with van der Waals surface area (Å²) in [6.45, 7) is -0.0422. The van der Waals surface area contributed by atoms with Gasteiger partial charge in [0, 0.05) is 17.2 Å². The molecule has 0 aromatic heterocycles. The molecular formula is C22H13ClN2O5. The summed E-state index contributed by atoms with van der Waals surface area (Å²) in [6, 6.07) is 18.3. The van der Waals surface area contributed by atoms with Crippen molar-refractivity contribution in [2.75, 3.05) is 0 Å². The summed E-state index contributed by atoms with van der Waals surface area (Å²) in [5.41, 5.74) is 0.882. The van der Waals surface area contributed by atoms with E-state index in [-0.39, 0.29) is 28.3 Å². The average Bonchev–Trinajstić information content (AvgIpc) is 2.77. The van der Waals surface area contributed by atoms with E-state index in [2.05, 4.69) is 0 Å². The van der Waals surface area contributed by atoms with Crippen molar-refractivity contribution in [1.82, 2.24) is 0 Å². The highest BCUT2D eigenvalue weighted by Gasteiger charge is 2.22. The fourth-order valence-corrected chi connectivity index (χ4v) is 2.90. The third kappa shape index (κ3) is 4.51. The van der Waals surface area contributed by atoms with Crippen molar-refractivity contribution in [1.29, 1.82) is 5.26 Å². The first kappa shape index (κ1) is 20.7. The molecule has 30 heavy (non-hydrogen) atoms. The summed E-state index contributed by atoms with van der Waals surface area (Å²) in [4.78, 5) is 35.9. The Hall–Kier alpha value is -4.02. The molecule has 3 aromatic rings. The van der Waals surface area contributed by atoms with Crippen LogP contribution in [0.3, 0.4) is 0 Å². The number of benzene rings is 3. The van der Waals surface area contributed by atoms with E-state index in [4.69, 9.17) is 21.6 Å². The highest BCUT2D eigenvalue weighted by molar-refractivity contribution is 6.33. The summed E-state index contributed by atoms with van der Waals surface area (Å²) < 4.78 is 5.29. The second-order valence-corrected chi connectivity index (χ2v) is 6.59. The van der Waals surface area contributed by atoms with Gasteiger partial charge < -0.3 is 4.74 Å². The van der Waals surface area contributed by atoms with Crippen LogP contribution in [0.2, 0.25) is 5.02 Å². The molecule has 0 unspecified atom stereocenters. The predicted octanol–water partition coefficient (Wildman–Crippen LogP) is 4.71. The number of nitrogens with zero attached hydrogens (tertiary/aromatic N) is 2. The lowest BCUT2D eigenvalue weighted by Crippen LogP contribution is -2.13. The van der Waals surface area contributed by atoms with Gasteiger partial charge in [-0.3, -0.25) is 14.9 Å². The van der Waals surface area contributed by atoms with Gasteiger partial charge in [0.25, 0.3) is 5.69 Å². The highest BCUT2D eigenvalue weighted by atomic mass is 35.5. The zero-order valence-corrected chi connectivity index (χ0v) is 16.1. The molecule has 3 aromatic carbocycles. The minimum Gasteiger partial charge on any atom is -0.457 e. The second-order valence-electron chi connectivity index (χ2n) is 6.18. The zero-order valence-electron chi connectivity index (χ0n) is 15.4. The lowest BCUT2D eigenvalue weighted by atomic mass is 9.98. The fraction of sp³-hybridized carbons (Fsp3) is 0.0455. The first-order chi connectivity index (χ1) is 14.4. The number of carbonyl (C=O) groups is 2. The van der Waals surface area contributed by atoms with Gasteiger partial charge in [-0.1, -0.05) is 41.9 Å². The Morgan fingerprint density at radius 2 is 1.70 bits per heavy atom. The van der Waals surface area contributed by atoms with Crippen LogP contribution in [0.25, 0.3) is 0 Å². The summed E-state index contributed by atoms with van der Waals surface area (Å²) in [5, 5.41) is 19.8. The molecule has 0 amide bonds. The minimum atomic E-state index is -0.716. The molecule has 0 aliphatic rings. The maximum Gasteiger partial charge on any atom is 0.339 e. The van der Waals surface area contributed by atoms with Crippen molar-refractivity contribution in [3.8, 4) is 6.07 Å². The normalized spacial score (nSPS) is 10.1. The number of nitriles is 1. The second kappa shape index (κ2) is 8.99. The van der Waals surface area contributed by atoms with Crippen LogP contribution in [-0.4, -0.2) is 16.7 Å². The molecule has 0 spiro atoms. The van der Waals surface area contributed by atoms with Crippen molar-refractivity contribution in [2.24, 2.45) is 0 Å². The van der Waals surface area contributed by atoms with Gasteiger partial charge in [-0.05, 0) is 35.9 Å². The van der Waals surface area contributed by atoms with E-state index in [0.29, 0.717) is 11.1 Å². The van der Waals surface area contributed by atoms with Gasteiger partial charge in [0.1, 0.15) is 11.6 Å². The van der Waals surface area contributed by atoms with E-state index < -0.39 is 22.4 Å². The van der Waals surface area contributed by atoms with Gasteiger partial charge in [0.05, 0.1) is 22.1 Å². The number of nitro groups is 1. The SMILES string of the molecule is N#Cc1ccc(COC(=O)c2ccccc2C(=O)c2ccc(Cl)c([N+](=O)[O-])c2)cc1. The molecular weight excluding hydrogens is 408 g/mol. The number of nitro benzene ring substituents is 1. The molecule has 0 fully saturated rings. The lowest BCUT2D eigenvalue weighted by Gasteiger charge is -2.09. The average molecular weight is 421 g/mol. The molecule has 7 nitrogen and oxygen atoms in total. The van der Waals surface area contributed by atoms with E-state index >= 15 is 0 Å². The summed E-state index contributed by atoms with van der Waals surface area (Å²) in [6.07, 6.45) is 0. The van der Waals surface area contributed by atoms with Crippen LogP contribution in [0.5, 0.6) is 0 Å². The van der Waals surface area contributed by atoms with E-state index in [0.717, 1.165) is 6.07 Å². The zero-order chi connectivity index (χ0) is 21.7. The van der Waals surface area contributed by atoms with E-state index in [1.54, 1.807) is 36.4 Å². The minimum absolute atomic E-state index is 0.0263. The molecule has 0 radical (unpaired) electrons.